The third-order valence-corrected chi connectivity index (χ3v) is 8.34. The van der Waals surface area contributed by atoms with E-state index in [0.717, 1.165) is 37.0 Å². The topological polar surface area (TPSA) is 83.8 Å². The van der Waals surface area contributed by atoms with Crippen LogP contribution in [0.3, 0.4) is 0 Å². The van der Waals surface area contributed by atoms with E-state index in [9.17, 15) is 17.6 Å². The molecule has 0 aliphatic carbocycles. The van der Waals surface area contributed by atoms with Crippen molar-refractivity contribution in [1.29, 1.82) is 0 Å². The summed E-state index contributed by atoms with van der Waals surface area (Å²) >= 11 is 1.43. The first-order valence-electron chi connectivity index (χ1n) is 10.6. The molecule has 0 atom stereocenters. The maximum atomic E-state index is 14.6. The maximum absolute atomic E-state index is 14.6. The van der Waals surface area contributed by atoms with Crippen LogP contribution in [0.2, 0.25) is 0 Å². The Balaban J connectivity index is 1.50. The van der Waals surface area contributed by atoms with Crippen LogP contribution < -0.4 is 5.32 Å². The number of carbonyl (C=O) groups excluding carboxylic acids is 1. The Kier molecular flexibility index (Phi) is 5.73. The largest absolute Gasteiger partial charge is 0.306 e. The van der Waals surface area contributed by atoms with Crippen molar-refractivity contribution in [2.45, 2.75) is 24.2 Å². The molecule has 7 nitrogen and oxygen atoms in total. The number of amides is 1. The summed E-state index contributed by atoms with van der Waals surface area (Å²) in [6, 6.07) is 12.9. The number of hydrogen-bond acceptors (Lipinski definition) is 5. The molecule has 0 saturated carbocycles. The molecule has 0 radical (unpaired) electrons. The molecule has 2 aromatic heterocycles. The average molecular weight is 485 g/mol. The molecule has 170 valence electrons. The molecule has 0 spiro atoms. The average Bonchev–Trinajstić information content (AvgIpc) is 3.43. The standard InChI is InChI=1S/C23H21FN4O3S2/c24-18-10-9-17(15-19(18)33(30,31)27-11-5-2-6-12-27)22(29)26-21-20(16-7-3-1-4-8-16)25-23-28(21)13-14-32-23/h1,3-4,7-10,13-15H,2,5-6,11-12H2,(H,26,29). The number of aromatic nitrogens is 2. The molecule has 33 heavy (non-hydrogen) atoms. The van der Waals surface area contributed by atoms with Crippen molar-refractivity contribution in [3.8, 4) is 11.3 Å². The molecule has 3 heterocycles. The van der Waals surface area contributed by atoms with Crippen LogP contribution in [0.15, 0.2) is 65.0 Å². The van der Waals surface area contributed by atoms with Gasteiger partial charge in [0, 0.05) is 35.8 Å². The van der Waals surface area contributed by atoms with E-state index in [4.69, 9.17) is 0 Å². The number of anilines is 1. The molecular weight excluding hydrogens is 463 g/mol. The number of piperidine rings is 1. The number of fused-ring (bicyclic) bond motifs is 1. The van der Waals surface area contributed by atoms with Crippen LogP contribution in [0.1, 0.15) is 29.6 Å². The van der Waals surface area contributed by atoms with E-state index in [2.05, 4.69) is 10.3 Å². The van der Waals surface area contributed by atoms with Gasteiger partial charge in [-0.05, 0) is 31.0 Å². The van der Waals surface area contributed by atoms with Crippen molar-refractivity contribution in [3.05, 3.63) is 71.5 Å². The lowest BCUT2D eigenvalue weighted by Gasteiger charge is -2.26. The van der Waals surface area contributed by atoms with Gasteiger partial charge in [-0.3, -0.25) is 9.20 Å². The summed E-state index contributed by atoms with van der Waals surface area (Å²) in [6.45, 7) is 0.704. The summed E-state index contributed by atoms with van der Waals surface area (Å²) in [5, 5.41) is 4.70. The smallest absolute Gasteiger partial charge is 0.256 e. The zero-order valence-corrected chi connectivity index (χ0v) is 19.2. The Morgan fingerprint density at radius 2 is 1.82 bits per heavy atom. The van der Waals surface area contributed by atoms with Crippen LogP contribution in [0, 0.1) is 5.82 Å². The number of nitrogens with one attached hydrogen (secondary N) is 1. The Hall–Kier alpha value is -3.08. The van der Waals surface area contributed by atoms with Crippen LogP contribution in [0.4, 0.5) is 10.2 Å². The van der Waals surface area contributed by atoms with Gasteiger partial charge in [-0.15, -0.1) is 11.3 Å². The number of benzene rings is 2. The first-order chi connectivity index (χ1) is 15.9. The van der Waals surface area contributed by atoms with E-state index in [1.165, 1.54) is 21.7 Å². The lowest BCUT2D eigenvalue weighted by Crippen LogP contribution is -2.36. The molecule has 5 rings (SSSR count). The molecule has 2 aromatic carbocycles. The van der Waals surface area contributed by atoms with Crippen molar-refractivity contribution in [2.24, 2.45) is 0 Å². The SMILES string of the molecule is O=C(Nc1c(-c2ccccc2)nc2sccn12)c1ccc(F)c(S(=O)(=O)N2CCCCC2)c1. The molecule has 1 N–H and O–H groups in total. The van der Waals surface area contributed by atoms with Gasteiger partial charge < -0.3 is 5.32 Å². The summed E-state index contributed by atoms with van der Waals surface area (Å²) in [4.78, 5) is 18.0. The predicted octanol–water partition coefficient (Wildman–Crippen LogP) is 4.63. The number of imidazole rings is 1. The minimum atomic E-state index is -4.03. The van der Waals surface area contributed by atoms with E-state index in [0.29, 0.717) is 29.6 Å². The van der Waals surface area contributed by atoms with Gasteiger partial charge in [0.2, 0.25) is 10.0 Å². The van der Waals surface area contributed by atoms with Gasteiger partial charge in [0.15, 0.2) is 4.96 Å². The van der Waals surface area contributed by atoms with E-state index in [1.54, 1.807) is 10.6 Å². The number of thiazole rings is 1. The molecule has 1 aliphatic rings. The van der Waals surface area contributed by atoms with Crippen LogP contribution in [0.5, 0.6) is 0 Å². The molecule has 0 unspecified atom stereocenters. The Morgan fingerprint density at radius 3 is 2.58 bits per heavy atom. The minimum Gasteiger partial charge on any atom is -0.306 e. The molecular formula is C23H21FN4O3S2. The fourth-order valence-corrected chi connectivity index (χ4v) is 6.29. The van der Waals surface area contributed by atoms with E-state index in [1.807, 2.05) is 35.7 Å². The lowest BCUT2D eigenvalue weighted by atomic mass is 10.1. The number of hydrogen-bond donors (Lipinski definition) is 1. The van der Waals surface area contributed by atoms with Gasteiger partial charge in [0.25, 0.3) is 5.91 Å². The monoisotopic (exact) mass is 484 g/mol. The Bertz CT molecular complexity index is 1420. The highest BCUT2D eigenvalue weighted by molar-refractivity contribution is 7.89. The first kappa shape index (κ1) is 21.7. The van der Waals surface area contributed by atoms with E-state index < -0.39 is 26.6 Å². The van der Waals surface area contributed by atoms with Crippen LogP contribution in [0.25, 0.3) is 16.2 Å². The van der Waals surface area contributed by atoms with Crippen molar-refractivity contribution in [3.63, 3.8) is 0 Å². The number of nitrogens with zero attached hydrogens (tertiary/aromatic N) is 3. The van der Waals surface area contributed by atoms with Crippen LogP contribution in [-0.2, 0) is 10.0 Å². The number of halogens is 1. The molecule has 4 aromatic rings. The fraction of sp³-hybridized carbons (Fsp3) is 0.217. The van der Waals surface area contributed by atoms with Crippen molar-refractivity contribution in [1.82, 2.24) is 13.7 Å². The third-order valence-electron chi connectivity index (χ3n) is 5.67. The Labute approximate surface area is 194 Å². The summed E-state index contributed by atoms with van der Waals surface area (Å²) in [6.07, 6.45) is 4.22. The lowest BCUT2D eigenvalue weighted by molar-refractivity contribution is 0.102. The Morgan fingerprint density at radius 1 is 1.06 bits per heavy atom. The van der Waals surface area contributed by atoms with Gasteiger partial charge in [-0.25, -0.2) is 17.8 Å². The van der Waals surface area contributed by atoms with Gasteiger partial charge in [-0.1, -0.05) is 36.8 Å². The molecule has 0 bridgehead atoms. The van der Waals surface area contributed by atoms with Gasteiger partial charge >= 0.3 is 0 Å². The first-order valence-corrected chi connectivity index (χ1v) is 12.9. The second-order valence-electron chi connectivity index (χ2n) is 7.79. The van der Waals surface area contributed by atoms with Crippen molar-refractivity contribution < 1.29 is 17.6 Å². The molecule has 10 heteroatoms. The fourth-order valence-electron chi connectivity index (χ4n) is 3.97. The van der Waals surface area contributed by atoms with Gasteiger partial charge in [0.1, 0.15) is 22.2 Å². The quantitative estimate of drug-likeness (QED) is 0.448. The van der Waals surface area contributed by atoms with Gasteiger partial charge in [0.05, 0.1) is 0 Å². The zero-order valence-electron chi connectivity index (χ0n) is 17.6. The highest BCUT2D eigenvalue weighted by Gasteiger charge is 2.29. The van der Waals surface area contributed by atoms with Crippen molar-refractivity contribution >= 4 is 38.0 Å². The minimum absolute atomic E-state index is 0.0520. The second kappa shape index (κ2) is 8.69. The second-order valence-corrected chi connectivity index (χ2v) is 10.6. The van der Waals surface area contributed by atoms with Gasteiger partial charge in [-0.2, -0.15) is 4.31 Å². The number of sulfonamides is 1. The van der Waals surface area contributed by atoms with Crippen molar-refractivity contribution in [2.75, 3.05) is 18.4 Å². The van der Waals surface area contributed by atoms with Crippen LogP contribution in [-0.4, -0.2) is 41.1 Å². The maximum Gasteiger partial charge on any atom is 0.256 e. The highest BCUT2D eigenvalue weighted by atomic mass is 32.2. The van der Waals surface area contributed by atoms with E-state index in [-0.39, 0.29) is 5.56 Å². The number of carbonyl (C=O) groups is 1. The third kappa shape index (κ3) is 4.05. The molecule has 1 aliphatic heterocycles. The summed E-state index contributed by atoms with van der Waals surface area (Å²) in [5.74, 6) is -0.950. The highest BCUT2D eigenvalue weighted by Crippen LogP contribution is 2.31. The normalized spacial score (nSPS) is 15.1. The molecule has 1 saturated heterocycles. The summed E-state index contributed by atoms with van der Waals surface area (Å²) < 4.78 is 43.7. The van der Waals surface area contributed by atoms with E-state index >= 15 is 0 Å². The zero-order chi connectivity index (χ0) is 23.0. The summed E-state index contributed by atoms with van der Waals surface area (Å²) in [5.41, 5.74) is 1.48. The molecule has 1 amide bonds. The predicted molar refractivity (Wildman–Crippen MR) is 125 cm³/mol. The molecule has 1 fully saturated rings. The number of rotatable bonds is 5. The summed E-state index contributed by atoms with van der Waals surface area (Å²) in [7, 11) is -4.03. The van der Waals surface area contributed by atoms with Crippen LogP contribution >= 0.6 is 11.3 Å².